The molecule has 1 aromatic heterocycles. The number of hydrogen-bond donors (Lipinski definition) is 3. The quantitative estimate of drug-likeness (QED) is 0.112. The van der Waals surface area contributed by atoms with Crippen LogP contribution in [0.4, 0.5) is 5.69 Å². The van der Waals surface area contributed by atoms with E-state index < -0.39 is 56.4 Å². The number of thiophene rings is 1. The van der Waals surface area contributed by atoms with Gasteiger partial charge in [0.25, 0.3) is 11.6 Å². The number of thioether (sulfide) groups is 1. The molecular formula is C22H22N4O8S2. The molecule has 2 saturated heterocycles. The molecular weight excluding hydrogens is 512 g/mol. The summed E-state index contributed by atoms with van der Waals surface area (Å²) in [6, 6.07) is 5.84. The number of rotatable bonds is 8. The van der Waals surface area contributed by atoms with Crippen molar-refractivity contribution in [3.63, 3.8) is 0 Å². The fraction of sp³-hybridized carbons (Fsp3) is 0.364. The standard InChI is InChI=1S/C22H22N4O8S2/c1-21(2)15(17(28)29)25-19(31)22(23,20(25)36-21)24-16(27)14(12-7-8-35-10-12)18(30)34-9-11-3-5-13(6-4-11)26(32)33/h3-8,10,14-15,20H,9,23H2,1-2H3,(H,24,27)(H,28,29)/t14?,15-,20+,22+/m0/s1. The number of fused-ring (bicyclic) bond motifs is 1. The Bertz CT molecular complexity index is 1230. The molecule has 1 aromatic carbocycles. The van der Waals surface area contributed by atoms with Crippen molar-refractivity contribution in [2.24, 2.45) is 5.73 Å². The Balaban J connectivity index is 1.50. The van der Waals surface area contributed by atoms with Crippen molar-refractivity contribution >= 4 is 52.5 Å². The number of amides is 2. The van der Waals surface area contributed by atoms with Gasteiger partial charge in [-0.15, -0.1) is 11.8 Å². The van der Waals surface area contributed by atoms with Gasteiger partial charge >= 0.3 is 11.9 Å². The molecule has 3 heterocycles. The third kappa shape index (κ3) is 4.31. The molecule has 1 unspecified atom stereocenters. The molecule has 2 aliphatic heterocycles. The Kier molecular flexibility index (Phi) is 6.53. The number of nitrogens with one attached hydrogen (secondary N) is 1. The number of hydrogen-bond acceptors (Lipinski definition) is 10. The summed E-state index contributed by atoms with van der Waals surface area (Å²) < 4.78 is 4.46. The fourth-order valence-electron chi connectivity index (χ4n) is 4.26. The Hall–Kier alpha value is -3.49. The second kappa shape index (κ2) is 9.19. The van der Waals surface area contributed by atoms with Gasteiger partial charge in [0.1, 0.15) is 18.0 Å². The lowest BCUT2D eigenvalue weighted by Crippen LogP contribution is -2.84. The van der Waals surface area contributed by atoms with Gasteiger partial charge in [0, 0.05) is 16.9 Å². The van der Waals surface area contributed by atoms with Crippen molar-refractivity contribution in [2.75, 3.05) is 0 Å². The van der Waals surface area contributed by atoms with E-state index in [0.717, 1.165) is 16.7 Å². The predicted octanol–water partition coefficient (Wildman–Crippen LogP) is 1.40. The average Bonchev–Trinajstić information content (AvgIpc) is 3.42. The van der Waals surface area contributed by atoms with Crippen molar-refractivity contribution in [1.82, 2.24) is 10.2 Å². The third-order valence-electron chi connectivity index (χ3n) is 6.05. The van der Waals surface area contributed by atoms with E-state index >= 15 is 0 Å². The number of benzene rings is 1. The predicted molar refractivity (Wildman–Crippen MR) is 129 cm³/mol. The molecule has 4 atom stereocenters. The first-order valence-corrected chi connectivity index (χ1v) is 12.5. The fourth-order valence-corrected chi connectivity index (χ4v) is 6.54. The number of ether oxygens (including phenoxy) is 1. The monoisotopic (exact) mass is 534 g/mol. The molecule has 0 radical (unpaired) electrons. The number of nitro benzene ring substituents is 1. The molecule has 0 spiro atoms. The molecule has 0 saturated carbocycles. The van der Waals surface area contributed by atoms with Crippen LogP contribution in [0.2, 0.25) is 0 Å². The molecule has 2 fully saturated rings. The number of aliphatic carboxylic acids is 1. The Morgan fingerprint density at radius 1 is 1.28 bits per heavy atom. The molecule has 4 rings (SSSR count). The maximum atomic E-state index is 13.3. The van der Waals surface area contributed by atoms with Crippen LogP contribution < -0.4 is 11.1 Å². The number of carboxylic acid groups (broad SMARTS) is 1. The van der Waals surface area contributed by atoms with Crippen LogP contribution in [0, 0.1) is 10.1 Å². The molecule has 190 valence electrons. The summed E-state index contributed by atoms with van der Waals surface area (Å²) >= 11 is 2.41. The number of non-ortho nitro benzene ring substituents is 1. The Morgan fingerprint density at radius 3 is 2.50 bits per heavy atom. The minimum Gasteiger partial charge on any atom is -0.480 e. The van der Waals surface area contributed by atoms with Gasteiger partial charge in [-0.25, -0.2) is 4.79 Å². The van der Waals surface area contributed by atoms with Gasteiger partial charge in [0.15, 0.2) is 11.6 Å². The number of carboxylic acids is 1. The molecule has 0 aliphatic carbocycles. The molecule has 2 amide bonds. The first-order valence-electron chi connectivity index (χ1n) is 10.6. The highest BCUT2D eigenvalue weighted by molar-refractivity contribution is 8.01. The number of nitro groups is 1. The smallest absolute Gasteiger partial charge is 0.327 e. The summed E-state index contributed by atoms with van der Waals surface area (Å²) in [6.45, 7) is 3.11. The summed E-state index contributed by atoms with van der Waals surface area (Å²) in [6.07, 6.45) is 0. The Labute approximate surface area is 212 Å². The number of β-lactam (4-membered cyclic amide) rings is 1. The van der Waals surface area contributed by atoms with Crippen LogP contribution in [0.25, 0.3) is 0 Å². The van der Waals surface area contributed by atoms with Crippen LogP contribution in [0.15, 0.2) is 41.1 Å². The number of carbonyl (C=O) groups is 4. The van der Waals surface area contributed by atoms with Crippen LogP contribution in [-0.2, 0) is 30.5 Å². The van der Waals surface area contributed by atoms with E-state index in [0.29, 0.717) is 11.1 Å². The largest absolute Gasteiger partial charge is 0.480 e. The van der Waals surface area contributed by atoms with E-state index in [1.165, 1.54) is 35.6 Å². The number of nitrogens with zero attached hydrogens (tertiary/aromatic N) is 2. The maximum absolute atomic E-state index is 13.3. The molecule has 2 aromatic rings. The first-order chi connectivity index (χ1) is 16.9. The van der Waals surface area contributed by atoms with Crippen molar-refractivity contribution in [2.45, 2.75) is 48.2 Å². The summed E-state index contributed by atoms with van der Waals surface area (Å²) in [4.78, 5) is 62.3. The molecule has 12 nitrogen and oxygen atoms in total. The lowest BCUT2D eigenvalue weighted by atomic mass is 9.91. The highest BCUT2D eigenvalue weighted by Crippen LogP contribution is 2.53. The SMILES string of the molecule is CC1(C)S[C@H]2N(C(=O)[C@@]2(N)NC(=O)C(C(=O)OCc2ccc([N+](=O)[O-])cc2)c2ccsc2)[C@H]1C(=O)O. The summed E-state index contributed by atoms with van der Waals surface area (Å²) in [5, 5.41) is 25.3. The third-order valence-corrected chi connectivity index (χ3v) is 8.40. The minimum absolute atomic E-state index is 0.119. The van der Waals surface area contributed by atoms with E-state index in [4.69, 9.17) is 10.5 Å². The molecule has 14 heteroatoms. The van der Waals surface area contributed by atoms with E-state index in [2.05, 4.69) is 5.32 Å². The summed E-state index contributed by atoms with van der Waals surface area (Å²) in [5.41, 5.74) is 5.07. The van der Waals surface area contributed by atoms with Gasteiger partial charge < -0.3 is 20.1 Å². The summed E-state index contributed by atoms with van der Waals surface area (Å²) in [7, 11) is 0. The lowest BCUT2D eigenvalue weighted by Gasteiger charge is -2.50. The minimum atomic E-state index is -1.89. The van der Waals surface area contributed by atoms with Crippen LogP contribution >= 0.6 is 23.1 Å². The van der Waals surface area contributed by atoms with Crippen LogP contribution in [0.1, 0.15) is 30.9 Å². The lowest BCUT2D eigenvalue weighted by molar-refractivity contribution is -0.384. The number of nitrogens with two attached hydrogens (primary N) is 1. The molecule has 0 bridgehead atoms. The highest BCUT2D eigenvalue weighted by Gasteiger charge is 2.71. The Morgan fingerprint density at radius 2 is 1.94 bits per heavy atom. The molecule has 36 heavy (non-hydrogen) atoms. The van der Waals surface area contributed by atoms with Crippen molar-refractivity contribution in [3.8, 4) is 0 Å². The second-order valence-corrected chi connectivity index (χ2v) is 11.4. The van der Waals surface area contributed by atoms with E-state index in [-0.39, 0.29) is 12.3 Å². The molecule has 4 N–H and O–H groups in total. The summed E-state index contributed by atoms with van der Waals surface area (Å²) in [5.74, 6) is -5.14. The van der Waals surface area contributed by atoms with Crippen molar-refractivity contribution in [3.05, 3.63) is 62.3 Å². The van der Waals surface area contributed by atoms with E-state index in [9.17, 15) is 34.4 Å². The van der Waals surface area contributed by atoms with Gasteiger partial charge in [-0.1, -0.05) is 0 Å². The number of carbonyl (C=O) groups excluding carboxylic acids is 3. The van der Waals surface area contributed by atoms with Crippen LogP contribution in [0.5, 0.6) is 0 Å². The second-order valence-electron chi connectivity index (χ2n) is 8.91. The zero-order valence-electron chi connectivity index (χ0n) is 19.1. The average molecular weight is 535 g/mol. The highest BCUT2D eigenvalue weighted by atomic mass is 32.2. The van der Waals surface area contributed by atoms with E-state index in [1.54, 1.807) is 30.7 Å². The normalized spacial score (nSPS) is 24.9. The van der Waals surface area contributed by atoms with Crippen LogP contribution in [-0.4, -0.2) is 60.5 Å². The van der Waals surface area contributed by atoms with Crippen molar-refractivity contribution in [1.29, 1.82) is 0 Å². The number of esters is 1. The van der Waals surface area contributed by atoms with Crippen molar-refractivity contribution < 1.29 is 33.9 Å². The van der Waals surface area contributed by atoms with E-state index in [1.807, 2.05) is 0 Å². The van der Waals surface area contributed by atoms with Gasteiger partial charge in [-0.3, -0.25) is 30.2 Å². The first kappa shape index (κ1) is 25.6. The maximum Gasteiger partial charge on any atom is 0.327 e. The zero-order valence-corrected chi connectivity index (χ0v) is 20.7. The van der Waals surface area contributed by atoms with Gasteiger partial charge in [0.2, 0.25) is 5.91 Å². The zero-order chi connectivity index (χ0) is 26.4. The van der Waals surface area contributed by atoms with Gasteiger partial charge in [0.05, 0.1) is 4.92 Å². The molecule has 2 aliphatic rings. The van der Waals surface area contributed by atoms with Gasteiger partial charge in [-0.2, -0.15) is 11.3 Å². The van der Waals surface area contributed by atoms with Gasteiger partial charge in [-0.05, 0) is 53.9 Å². The van der Waals surface area contributed by atoms with Crippen LogP contribution in [0.3, 0.4) is 0 Å². The topological polar surface area (TPSA) is 182 Å².